The van der Waals surface area contributed by atoms with Crippen LogP contribution in [-0.4, -0.2) is 30.4 Å². The Kier molecular flexibility index (Phi) is 7.33. The van der Waals surface area contributed by atoms with Gasteiger partial charge in [-0.1, -0.05) is 39.5 Å². The minimum absolute atomic E-state index is 0.0491. The topological polar surface area (TPSA) is 46.3 Å². The molecule has 0 radical (unpaired) electrons. The molecule has 0 spiro atoms. The van der Waals surface area contributed by atoms with E-state index in [9.17, 15) is 4.79 Å². The smallest absolute Gasteiger partial charge is 0.226 e. The minimum atomic E-state index is 0.0491. The summed E-state index contributed by atoms with van der Waals surface area (Å²) in [5.41, 5.74) is 5.83. The molecule has 2 N–H and O–H groups in total. The Morgan fingerprint density at radius 3 is 2.11 bits per heavy atom. The van der Waals surface area contributed by atoms with Crippen LogP contribution in [0.1, 0.15) is 58.8 Å². The van der Waals surface area contributed by atoms with Crippen molar-refractivity contribution in [3.63, 3.8) is 0 Å². The van der Waals surface area contributed by atoms with Crippen molar-refractivity contribution in [2.75, 3.05) is 19.6 Å². The van der Waals surface area contributed by atoms with Crippen LogP contribution in [0.4, 0.5) is 0 Å². The zero-order valence-corrected chi connectivity index (χ0v) is 12.2. The zero-order valence-electron chi connectivity index (χ0n) is 12.2. The predicted molar refractivity (Wildman–Crippen MR) is 76.3 cm³/mol. The first-order valence-electron chi connectivity index (χ1n) is 7.71. The average molecular weight is 254 g/mol. The SMILES string of the molecule is CCC(CC)CC(CN)C(=O)N1CCCCCC1. The van der Waals surface area contributed by atoms with E-state index in [0.29, 0.717) is 18.4 Å². The van der Waals surface area contributed by atoms with Crippen LogP contribution in [0.2, 0.25) is 0 Å². The first kappa shape index (κ1) is 15.5. The number of carbonyl (C=O) groups is 1. The lowest BCUT2D eigenvalue weighted by Crippen LogP contribution is -2.40. The lowest BCUT2D eigenvalue weighted by Gasteiger charge is -2.27. The van der Waals surface area contributed by atoms with Crippen molar-refractivity contribution < 1.29 is 4.79 Å². The van der Waals surface area contributed by atoms with Crippen LogP contribution in [-0.2, 0) is 4.79 Å². The molecule has 0 aliphatic carbocycles. The fraction of sp³-hybridized carbons (Fsp3) is 0.933. The van der Waals surface area contributed by atoms with Crippen LogP contribution < -0.4 is 5.73 Å². The molecule has 0 bridgehead atoms. The van der Waals surface area contributed by atoms with Crippen LogP contribution in [0, 0.1) is 11.8 Å². The highest BCUT2D eigenvalue weighted by atomic mass is 16.2. The van der Waals surface area contributed by atoms with Gasteiger partial charge < -0.3 is 10.6 Å². The van der Waals surface area contributed by atoms with E-state index in [0.717, 1.165) is 45.2 Å². The van der Waals surface area contributed by atoms with E-state index in [4.69, 9.17) is 5.73 Å². The Hall–Kier alpha value is -0.570. The number of likely N-dealkylation sites (tertiary alicyclic amines) is 1. The van der Waals surface area contributed by atoms with Crippen LogP contribution in [0.5, 0.6) is 0 Å². The number of hydrogen-bond donors (Lipinski definition) is 1. The molecule has 106 valence electrons. The maximum Gasteiger partial charge on any atom is 0.226 e. The van der Waals surface area contributed by atoms with Crippen LogP contribution >= 0.6 is 0 Å². The molecular formula is C15H30N2O. The van der Waals surface area contributed by atoms with Gasteiger partial charge in [-0.15, -0.1) is 0 Å². The Bertz CT molecular complexity index is 231. The quantitative estimate of drug-likeness (QED) is 0.792. The summed E-state index contributed by atoms with van der Waals surface area (Å²) in [5.74, 6) is 1.01. The van der Waals surface area contributed by atoms with Crippen molar-refractivity contribution in [3.05, 3.63) is 0 Å². The Labute approximate surface area is 112 Å². The highest BCUT2D eigenvalue weighted by molar-refractivity contribution is 5.79. The Balaban J connectivity index is 2.54. The molecule has 0 aromatic heterocycles. The van der Waals surface area contributed by atoms with Crippen molar-refractivity contribution in [2.45, 2.75) is 58.8 Å². The summed E-state index contributed by atoms with van der Waals surface area (Å²) in [6, 6.07) is 0. The second-order valence-electron chi connectivity index (χ2n) is 5.59. The number of amides is 1. The Morgan fingerprint density at radius 1 is 1.11 bits per heavy atom. The van der Waals surface area contributed by atoms with E-state index < -0.39 is 0 Å². The summed E-state index contributed by atoms with van der Waals surface area (Å²) in [6.45, 7) is 6.80. The van der Waals surface area contributed by atoms with Crippen LogP contribution in [0.25, 0.3) is 0 Å². The van der Waals surface area contributed by atoms with Gasteiger partial charge in [-0.2, -0.15) is 0 Å². The molecule has 1 heterocycles. The first-order valence-corrected chi connectivity index (χ1v) is 7.71. The molecule has 1 aliphatic rings. The summed E-state index contributed by atoms with van der Waals surface area (Å²) in [5, 5.41) is 0. The molecular weight excluding hydrogens is 224 g/mol. The van der Waals surface area contributed by atoms with Gasteiger partial charge in [0.05, 0.1) is 5.92 Å². The van der Waals surface area contributed by atoms with Crippen molar-refractivity contribution in [3.8, 4) is 0 Å². The second kappa shape index (κ2) is 8.52. The van der Waals surface area contributed by atoms with Gasteiger partial charge in [0.15, 0.2) is 0 Å². The number of carbonyl (C=O) groups excluding carboxylic acids is 1. The molecule has 1 aliphatic heterocycles. The monoisotopic (exact) mass is 254 g/mol. The van der Waals surface area contributed by atoms with E-state index >= 15 is 0 Å². The van der Waals surface area contributed by atoms with Gasteiger partial charge in [0.25, 0.3) is 0 Å². The van der Waals surface area contributed by atoms with Gasteiger partial charge in [0.2, 0.25) is 5.91 Å². The van der Waals surface area contributed by atoms with E-state index in [1.54, 1.807) is 0 Å². The van der Waals surface area contributed by atoms with Crippen molar-refractivity contribution in [1.82, 2.24) is 4.90 Å². The molecule has 3 nitrogen and oxygen atoms in total. The fourth-order valence-corrected chi connectivity index (χ4v) is 2.87. The van der Waals surface area contributed by atoms with Gasteiger partial charge in [0.1, 0.15) is 0 Å². The van der Waals surface area contributed by atoms with Crippen LogP contribution in [0.15, 0.2) is 0 Å². The number of nitrogens with two attached hydrogens (primary N) is 1. The highest BCUT2D eigenvalue weighted by Crippen LogP contribution is 2.21. The molecule has 18 heavy (non-hydrogen) atoms. The Morgan fingerprint density at radius 2 is 1.67 bits per heavy atom. The minimum Gasteiger partial charge on any atom is -0.342 e. The third kappa shape index (κ3) is 4.60. The van der Waals surface area contributed by atoms with Crippen LogP contribution in [0.3, 0.4) is 0 Å². The third-order valence-corrected chi connectivity index (χ3v) is 4.32. The molecule has 0 aromatic carbocycles. The maximum absolute atomic E-state index is 12.5. The number of hydrogen-bond acceptors (Lipinski definition) is 2. The maximum atomic E-state index is 12.5. The molecule has 0 aromatic rings. The molecule has 1 rings (SSSR count). The van der Waals surface area contributed by atoms with Crippen molar-refractivity contribution in [2.24, 2.45) is 17.6 Å². The molecule has 1 saturated heterocycles. The average Bonchev–Trinajstić information content (AvgIpc) is 2.68. The van der Waals surface area contributed by atoms with Gasteiger partial charge in [0, 0.05) is 19.6 Å². The molecule has 1 fully saturated rings. The molecule has 1 atom stereocenters. The lowest BCUT2D eigenvalue weighted by molar-refractivity contribution is -0.135. The predicted octanol–water partition coefficient (Wildman–Crippen LogP) is 2.79. The zero-order chi connectivity index (χ0) is 13.4. The summed E-state index contributed by atoms with van der Waals surface area (Å²) in [6.07, 6.45) is 8.13. The molecule has 1 amide bonds. The number of rotatable bonds is 6. The van der Waals surface area contributed by atoms with E-state index in [1.165, 1.54) is 12.8 Å². The fourth-order valence-electron chi connectivity index (χ4n) is 2.87. The second-order valence-corrected chi connectivity index (χ2v) is 5.59. The third-order valence-electron chi connectivity index (χ3n) is 4.32. The number of nitrogens with zero attached hydrogens (tertiary/aromatic N) is 1. The lowest BCUT2D eigenvalue weighted by atomic mass is 9.89. The van der Waals surface area contributed by atoms with E-state index in [1.807, 2.05) is 0 Å². The van der Waals surface area contributed by atoms with Crippen molar-refractivity contribution >= 4 is 5.91 Å². The first-order chi connectivity index (χ1) is 8.72. The normalized spacial score (nSPS) is 18.8. The van der Waals surface area contributed by atoms with E-state index in [-0.39, 0.29) is 5.92 Å². The van der Waals surface area contributed by atoms with Gasteiger partial charge in [-0.3, -0.25) is 4.79 Å². The molecule has 1 unspecified atom stereocenters. The summed E-state index contributed by atoms with van der Waals surface area (Å²) in [4.78, 5) is 14.6. The summed E-state index contributed by atoms with van der Waals surface area (Å²) in [7, 11) is 0. The van der Waals surface area contributed by atoms with Gasteiger partial charge >= 0.3 is 0 Å². The summed E-state index contributed by atoms with van der Waals surface area (Å²) < 4.78 is 0. The van der Waals surface area contributed by atoms with E-state index in [2.05, 4.69) is 18.7 Å². The molecule has 0 saturated carbocycles. The highest BCUT2D eigenvalue weighted by Gasteiger charge is 2.25. The van der Waals surface area contributed by atoms with Gasteiger partial charge in [-0.25, -0.2) is 0 Å². The largest absolute Gasteiger partial charge is 0.342 e. The summed E-state index contributed by atoms with van der Waals surface area (Å²) >= 11 is 0. The van der Waals surface area contributed by atoms with Gasteiger partial charge in [-0.05, 0) is 25.2 Å². The standard InChI is InChI=1S/C15H30N2O/c1-3-13(4-2)11-14(12-16)15(18)17-9-7-5-6-8-10-17/h13-14H,3-12,16H2,1-2H3. The van der Waals surface area contributed by atoms with Crippen molar-refractivity contribution in [1.29, 1.82) is 0 Å². The molecule has 3 heteroatoms.